The third-order valence-corrected chi connectivity index (χ3v) is 8.20. The fourth-order valence-corrected chi connectivity index (χ4v) is 6.34. The van der Waals surface area contributed by atoms with E-state index >= 15 is 0 Å². The summed E-state index contributed by atoms with van der Waals surface area (Å²) in [5.74, 6) is 1.12. The Kier molecular flexibility index (Phi) is 3.91. The highest BCUT2D eigenvalue weighted by atomic mass is 16.6. The van der Waals surface area contributed by atoms with Gasteiger partial charge in [0.2, 0.25) is 0 Å². The van der Waals surface area contributed by atoms with Crippen molar-refractivity contribution in [1.29, 1.82) is 0 Å². The van der Waals surface area contributed by atoms with Gasteiger partial charge >= 0.3 is 0 Å². The van der Waals surface area contributed by atoms with Crippen LogP contribution in [-0.2, 0) is 14.3 Å². The molecule has 1 saturated heterocycles. The zero-order valence-electron chi connectivity index (χ0n) is 15.3. The highest BCUT2D eigenvalue weighted by Gasteiger charge is 2.71. The molecular weight excluding hydrogens is 304 g/mol. The number of aliphatic hydroxyl groups is 1. The Morgan fingerprint density at radius 2 is 2.04 bits per heavy atom. The summed E-state index contributed by atoms with van der Waals surface area (Å²) in [6.07, 6.45) is 7.25. The summed E-state index contributed by atoms with van der Waals surface area (Å²) in [6.45, 7) is 7.22. The van der Waals surface area contributed by atoms with Crippen molar-refractivity contribution in [1.82, 2.24) is 0 Å². The van der Waals surface area contributed by atoms with Crippen LogP contribution in [0.1, 0.15) is 65.7 Å². The second-order valence-corrected chi connectivity index (χ2v) is 9.37. The molecule has 4 aliphatic rings. The summed E-state index contributed by atoms with van der Waals surface area (Å²) in [6, 6.07) is 0. The van der Waals surface area contributed by atoms with Crippen LogP contribution in [0.15, 0.2) is 0 Å². The number of hydrogen-bond acceptors (Lipinski definition) is 4. The van der Waals surface area contributed by atoms with E-state index < -0.39 is 0 Å². The average molecular weight is 336 g/mol. The summed E-state index contributed by atoms with van der Waals surface area (Å²) in [5, 5.41) is 9.15. The molecule has 1 aliphatic heterocycles. The minimum absolute atomic E-state index is 0.00216. The van der Waals surface area contributed by atoms with Gasteiger partial charge in [0.15, 0.2) is 0 Å². The Morgan fingerprint density at radius 1 is 1.25 bits per heavy atom. The fraction of sp³-hybridized carbons (Fsp3) is 0.950. The fourth-order valence-electron chi connectivity index (χ4n) is 6.34. The quantitative estimate of drug-likeness (QED) is 0.805. The average Bonchev–Trinajstić information content (AvgIpc) is 3.20. The lowest BCUT2D eigenvalue weighted by molar-refractivity contribution is -0.144. The Hall–Kier alpha value is -0.450. The maximum atomic E-state index is 13.3. The molecule has 0 aromatic carbocycles. The zero-order valence-corrected chi connectivity index (χ0v) is 15.3. The van der Waals surface area contributed by atoms with Gasteiger partial charge < -0.3 is 14.6 Å². The standard InChI is InChI=1S/C20H32O4/c1-18(2)13-6-8-20(18)17(24-20)12-14-15(23-10-9-21)5-4-7-19(14,3)16(22)11-13/h13-15,17,21H,4-12H2,1-3H3/t13?,14-,15-,17-,19+,20-/m0/s1. The molecule has 1 heterocycles. The molecule has 24 heavy (non-hydrogen) atoms. The van der Waals surface area contributed by atoms with E-state index in [9.17, 15) is 4.79 Å². The molecule has 4 fully saturated rings. The van der Waals surface area contributed by atoms with Gasteiger partial charge in [-0.2, -0.15) is 0 Å². The second kappa shape index (κ2) is 5.52. The second-order valence-electron chi connectivity index (χ2n) is 9.37. The highest BCUT2D eigenvalue weighted by Crippen LogP contribution is 2.67. The van der Waals surface area contributed by atoms with Crippen molar-refractivity contribution in [2.45, 2.75) is 83.5 Å². The first-order chi connectivity index (χ1) is 11.3. The van der Waals surface area contributed by atoms with E-state index in [4.69, 9.17) is 14.6 Å². The third-order valence-electron chi connectivity index (χ3n) is 8.20. The zero-order chi connectivity index (χ0) is 17.2. The minimum Gasteiger partial charge on any atom is -0.394 e. The van der Waals surface area contributed by atoms with E-state index in [-0.39, 0.29) is 41.2 Å². The number of ether oxygens (including phenoxy) is 2. The summed E-state index contributed by atoms with van der Waals surface area (Å²) in [7, 11) is 0. The Balaban J connectivity index is 1.67. The van der Waals surface area contributed by atoms with E-state index in [0.717, 1.165) is 38.5 Å². The van der Waals surface area contributed by atoms with Crippen molar-refractivity contribution >= 4 is 5.78 Å². The van der Waals surface area contributed by atoms with Crippen LogP contribution < -0.4 is 0 Å². The van der Waals surface area contributed by atoms with E-state index in [1.165, 1.54) is 0 Å². The first kappa shape index (κ1) is 17.0. The third kappa shape index (κ3) is 2.18. The van der Waals surface area contributed by atoms with Gasteiger partial charge in [0, 0.05) is 11.8 Å². The summed E-state index contributed by atoms with van der Waals surface area (Å²) >= 11 is 0. The van der Waals surface area contributed by atoms with Crippen molar-refractivity contribution in [2.75, 3.05) is 13.2 Å². The predicted octanol–water partition coefficient (Wildman–Crippen LogP) is 3.11. The maximum absolute atomic E-state index is 13.3. The van der Waals surface area contributed by atoms with Gasteiger partial charge in [-0.25, -0.2) is 0 Å². The largest absolute Gasteiger partial charge is 0.394 e. The lowest BCUT2D eigenvalue weighted by atomic mass is 9.61. The van der Waals surface area contributed by atoms with Crippen LogP contribution in [0.5, 0.6) is 0 Å². The van der Waals surface area contributed by atoms with Crippen molar-refractivity contribution < 1.29 is 19.4 Å². The molecule has 2 bridgehead atoms. The number of aliphatic hydroxyl groups excluding tert-OH is 1. The molecule has 1 N–H and O–H groups in total. The predicted molar refractivity (Wildman–Crippen MR) is 90.6 cm³/mol. The Labute approximate surface area is 145 Å². The molecule has 3 aliphatic carbocycles. The summed E-state index contributed by atoms with van der Waals surface area (Å²) < 4.78 is 12.3. The van der Waals surface area contributed by atoms with Gasteiger partial charge in [0.1, 0.15) is 11.4 Å². The van der Waals surface area contributed by atoms with Crippen LogP contribution in [0.3, 0.4) is 0 Å². The number of carbonyl (C=O) groups is 1. The number of fused-ring (bicyclic) bond motifs is 2. The number of rotatable bonds is 3. The van der Waals surface area contributed by atoms with E-state index in [2.05, 4.69) is 20.8 Å². The normalized spacial score (nSPS) is 49.6. The number of carbonyl (C=O) groups excluding carboxylic acids is 1. The van der Waals surface area contributed by atoms with Crippen LogP contribution in [0, 0.1) is 22.7 Å². The molecule has 4 nitrogen and oxygen atoms in total. The monoisotopic (exact) mass is 336 g/mol. The molecule has 4 heteroatoms. The summed E-state index contributed by atoms with van der Waals surface area (Å²) in [4.78, 5) is 13.3. The number of Topliss-reactive ketones (excluding diaryl/α,β-unsaturated/α-hetero) is 1. The molecule has 0 radical (unpaired) electrons. The van der Waals surface area contributed by atoms with Crippen LogP contribution in [0.2, 0.25) is 0 Å². The van der Waals surface area contributed by atoms with Gasteiger partial charge in [0.05, 0.1) is 25.4 Å². The molecule has 6 atom stereocenters. The topological polar surface area (TPSA) is 59.1 Å². The molecule has 4 rings (SSSR count). The van der Waals surface area contributed by atoms with E-state index in [0.29, 0.717) is 24.7 Å². The van der Waals surface area contributed by atoms with Gasteiger partial charge in [-0.3, -0.25) is 4.79 Å². The van der Waals surface area contributed by atoms with E-state index in [1.807, 2.05) is 0 Å². The molecule has 1 unspecified atom stereocenters. The minimum atomic E-state index is -0.286. The van der Waals surface area contributed by atoms with Crippen molar-refractivity contribution in [3.05, 3.63) is 0 Å². The van der Waals surface area contributed by atoms with Crippen LogP contribution in [-0.4, -0.2) is 41.9 Å². The van der Waals surface area contributed by atoms with Gasteiger partial charge in [-0.05, 0) is 55.8 Å². The number of epoxide rings is 1. The molecule has 0 amide bonds. The molecule has 0 aromatic rings. The first-order valence-corrected chi connectivity index (χ1v) is 9.79. The Morgan fingerprint density at radius 3 is 2.79 bits per heavy atom. The number of hydrogen-bond donors (Lipinski definition) is 1. The maximum Gasteiger partial charge on any atom is 0.139 e. The molecule has 1 spiro atoms. The molecular formula is C20H32O4. The van der Waals surface area contributed by atoms with Crippen molar-refractivity contribution in [2.24, 2.45) is 22.7 Å². The van der Waals surface area contributed by atoms with Crippen molar-refractivity contribution in [3.8, 4) is 0 Å². The molecule has 136 valence electrons. The van der Waals surface area contributed by atoms with Crippen molar-refractivity contribution in [3.63, 3.8) is 0 Å². The molecule has 3 saturated carbocycles. The lowest BCUT2D eigenvalue weighted by Crippen LogP contribution is -2.47. The Bertz CT molecular complexity index is 530. The number of ketones is 1. The summed E-state index contributed by atoms with van der Waals surface area (Å²) in [5.41, 5.74) is -0.188. The smallest absolute Gasteiger partial charge is 0.139 e. The van der Waals surface area contributed by atoms with Crippen LogP contribution >= 0.6 is 0 Å². The van der Waals surface area contributed by atoms with Crippen LogP contribution in [0.4, 0.5) is 0 Å². The first-order valence-electron chi connectivity index (χ1n) is 9.79. The van der Waals surface area contributed by atoms with E-state index in [1.54, 1.807) is 0 Å². The highest BCUT2D eigenvalue weighted by molar-refractivity contribution is 5.85. The molecule has 0 aromatic heterocycles. The SMILES string of the molecule is CC1(C)C2CC[C@@]13O[C@H]3C[C@H]1[C@@H](OCCO)CCC[C@@]1(C)C(=O)C2. The van der Waals surface area contributed by atoms with Gasteiger partial charge in [-0.15, -0.1) is 0 Å². The van der Waals surface area contributed by atoms with Gasteiger partial charge in [-0.1, -0.05) is 20.8 Å². The lowest BCUT2D eigenvalue weighted by Gasteiger charge is -2.45. The van der Waals surface area contributed by atoms with Gasteiger partial charge in [0.25, 0.3) is 0 Å². The van der Waals surface area contributed by atoms with Crippen LogP contribution in [0.25, 0.3) is 0 Å².